The lowest BCUT2D eigenvalue weighted by Crippen LogP contribution is -2.46. The van der Waals surface area contributed by atoms with E-state index in [1.165, 1.54) is 6.20 Å². The van der Waals surface area contributed by atoms with Gasteiger partial charge in [0.05, 0.1) is 38.3 Å². The van der Waals surface area contributed by atoms with Gasteiger partial charge in [-0.05, 0) is 13.3 Å². The smallest absolute Gasteiger partial charge is 0.274 e. The van der Waals surface area contributed by atoms with Gasteiger partial charge < -0.3 is 18.9 Å². The topological polar surface area (TPSA) is 95.3 Å². The normalized spacial score (nSPS) is 26.2. The molecular formula is C17H22N6O3. The molecule has 2 aromatic rings. The summed E-state index contributed by atoms with van der Waals surface area (Å²) in [6.07, 6.45) is 7.38. The van der Waals surface area contributed by atoms with Crippen molar-refractivity contribution in [2.45, 2.75) is 25.5 Å². The van der Waals surface area contributed by atoms with Crippen LogP contribution in [0, 0.1) is 12.8 Å². The van der Waals surface area contributed by atoms with Gasteiger partial charge in [0.2, 0.25) is 0 Å². The molecule has 2 fully saturated rings. The summed E-state index contributed by atoms with van der Waals surface area (Å²) >= 11 is 0. The van der Waals surface area contributed by atoms with Crippen LogP contribution in [-0.4, -0.2) is 74.1 Å². The molecule has 2 aromatic heterocycles. The first-order chi connectivity index (χ1) is 12.6. The lowest BCUT2D eigenvalue weighted by Gasteiger charge is -2.31. The Bertz CT molecular complexity index is 750. The summed E-state index contributed by atoms with van der Waals surface area (Å²) < 4.78 is 13.9. The van der Waals surface area contributed by atoms with Gasteiger partial charge in [-0.3, -0.25) is 9.78 Å². The molecule has 0 bridgehead atoms. The molecule has 0 N–H and O–H groups in total. The number of ether oxygens (including phenoxy) is 2. The summed E-state index contributed by atoms with van der Waals surface area (Å²) in [6.45, 7) is 5.29. The van der Waals surface area contributed by atoms with E-state index in [0.29, 0.717) is 44.5 Å². The molecule has 0 radical (unpaired) electrons. The molecule has 26 heavy (non-hydrogen) atoms. The number of aromatic nitrogens is 5. The van der Waals surface area contributed by atoms with Crippen LogP contribution in [0.25, 0.3) is 0 Å². The van der Waals surface area contributed by atoms with Gasteiger partial charge >= 0.3 is 0 Å². The van der Waals surface area contributed by atoms with E-state index in [1.807, 2.05) is 11.5 Å². The van der Waals surface area contributed by atoms with Crippen molar-refractivity contribution < 1.29 is 14.3 Å². The van der Waals surface area contributed by atoms with Crippen LogP contribution in [0.15, 0.2) is 25.0 Å². The van der Waals surface area contributed by atoms with E-state index in [9.17, 15) is 4.79 Å². The Morgan fingerprint density at radius 3 is 2.92 bits per heavy atom. The molecule has 9 heteroatoms. The van der Waals surface area contributed by atoms with Crippen molar-refractivity contribution >= 4 is 5.91 Å². The van der Waals surface area contributed by atoms with Gasteiger partial charge in [0.1, 0.15) is 23.9 Å². The number of nitrogens with zero attached hydrogens (tertiary/aromatic N) is 6. The fourth-order valence-electron chi connectivity index (χ4n) is 3.62. The number of amides is 1. The fourth-order valence-corrected chi connectivity index (χ4v) is 3.62. The summed E-state index contributed by atoms with van der Waals surface area (Å²) in [5.41, 5.74) is 0.669. The van der Waals surface area contributed by atoms with Gasteiger partial charge in [-0.2, -0.15) is 0 Å². The van der Waals surface area contributed by atoms with Crippen LogP contribution in [0.1, 0.15) is 22.6 Å². The van der Waals surface area contributed by atoms with Crippen molar-refractivity contribution in [3.63, 3.8) is 0 Å². The Morgan fingerprint density at radius 2 is 2.15 bits per heavy atom. The largest absolute Gasteiger partial charge is 0.377 e. The van der Waals surface area contributed by atoms with Crippen molar-refractivity contribution in [2.75, 3.05) is 32.9 Å². The first kappa shape index (κ1) is 17.0. The number of carbonyl (C=O) groups excluding carboxylic acids is 1. The molecule has 4 rings (SSSR count). The molecule has 2 atom stereocenters. The second-order valence-electron chi connectivity index (χ2n) is 7.05. The molecule has 2 saturated heterocycles. The van der Waals surface area contributed by atoms with Crippen molar-refractivity contribution in [1.29, 1.82) is 0 Å². The van der Waals surface area contributed by atoms with Gasteiger partial charge in [0.15, 0.2) is 0 Å². The average molecular weight is 358 g/mol. The zero-order valence-electron chi connectivity index (χ0n) is 14.7. The molecule has 2 aliphatic rings. The third kappa shape index (κ3) is 3.58. The minimum absolute atomic E-state index is 0.131. The standard InChI is InChI=1S/C17H22N6O3/c1-13-5-19-15(6-18-13)16(24)23-2-3-25-10-17(9-23)4-14(8-26-17)7-22-11-20-21-12-22/h5-6,11-12,14H,2-4,7-10H2,1H3/t14-,17-/m0/s1. The van der Waals surface area contributed by atoms with Gasteiger partial charge in [0, 0.05) is 25.2 Å². The minimum Gasteiger partial charge on any atom is -0.377 e. The highest BCUT2D eigenvalue weighted by Gasteiger charge is 2.44. The first-order valence-electron chi connectivity index (χ1n) is 8.76. The molecule has 0 aliphatic carbocycles. The molecule has 9 nitrogen and oxygen atoms in total. The number of carbonyl (C=O) groups is 1. The monoisotopic (exact) mass is 358 g/mol. The second kappa shape index (κ2) is 7.08. The lowest BCUT2D eigenvalue weighted by atomic mass is 9.94. The summed E-state index contributed by atoms with van der Waals surface area (Å²) in [5.74, 6) is 0.206. The fraction of sp³-hybridized carbons (Fsp3) is 0.588. The third-order valence-corrected chi connectivity index (χ3v) is 4.86. The van der Waals surface area contributed by atoms with Crippen LogP contribution in [0.3, 0.4) is 0 Å². The third-order valence-electron chi connectivity index (χ3n) is 4.86. The predicted molar refractivity (Wildman–Crippen MR) is 90.3 cm³/mol. The van der Waals surface area contributed by atoms with E-state index in [2.05, 4.69) is 20.2 Å². The molecule has 0 unspecified atom stereocenters. The summed E-state index contributed by atoms with van der Waals surface area (Å²) in [4.78, 5) is 23.0. The molecule has 138 valence electrons. The summed E-state index contributed by atoms with van der Waals surface area (Å²) in [6, 6.07) is 0. The van der Waals surface area contributed by atoms with Crippen molar-refractivity contribution in [2.24, 2.45) is 5.92 Å². The zero-order chi connectivity index (χ0) is 18.0. The number of rotatable bonds is 3. The quantitative estimate of drug-likeness (QED) is 0.780. The maximum atomic E-state index is 12.8. The van der Waals surface area contributed by atoms with Gasteiger partial charge in [0.25, 0.3) is 5.91 Å². The zero-order valence-corrected chi connectivity index (χ0v) is 14.7. The molecule has 1 amide bonds. The lowest BCUT2D eigenvalue weighted by molar-refractivity contribution is -0.0539. The van der Waals surface area contributed by atoms with E-state index >= 15 is 0 Å². The highest BCUT2D eigenvalue weighted by molar-refractivity contribution is 5.92. The van der Waals surface area contributed by atoms with Crippen LogP contribution in [-0.2, 0) is 16.0 Å². The van der Waals surface area contributed by atoms with Crippen LogP contribution in [0.4, 0.5) is 0 Å². The molecule has 2 aliphatic heterocycles. The van der Waals surface area contributed by atoms with Crippen LogP contribution < -0.4 is 0 Å². The van der Waals surface area contributed by atoms with E-state index in [1.54, 1.807) is 23.8 Å². The van der Waals surface area contributed by atoms with Crippen molar-refractivity contribution in [1.82, 2.24) is 29.6 Å². The Balaban J connectivity index is 1.45. The molecule has 1 spiro atoms. The maximum Gasteiger partial charge on any atom is 0.274 e. The van der Waals surface area contributed by atoms with E-state index in [4.69, 9.17) is 9.47 Å². The van der Waals surface area contributed by atoms with E-state index in [-0.39, 0.29) is 5.91 Å². The Kier molecular flexibility index (Phi) is 4.64. The van der Waals surface area contributed by atoms with E-state index < -0.39 is 5.60 Å². The van der Waals surface area contributed by atoms with Gasteiger partial charge in [-0.25, -0.2) is 4.98 Å². The highest BCUT2D eigenvalue weighted by Crippen LogP contribution is 2.33. The Hall–Kier alpha value is -2.39. The minimum atomic E-state index is -0.469. The van der Waals surface area contributed by atoms with Crippen LogP contribution >= 0.6 is 0 Å². The summed E-state index contributed by atoms with van der Waals surface area (Å²) in [5, 5.41) is 7.68. The first-order valence-corrected chi connectivity index (χ1v) is 8.76. The van der Waals surface area contributed by atoms with Gasteiger partial charge in [-0.1, -0.05) is 0 Å². The Morgan fingerprint density at radius 1 is 1.31 bits per heavy atom. The molecular weight excluding hydrogens is 336 g/mol. The van der Waals surface area contributed by atoms with Crippen molar-refractivity contribution in [3.05, 3.63) is 36.4 Å². The maximum absolute atomic E-state index is 12.8. The molecule has 0 aromatic carbocycles. The number of aryl methyl sites for hydroxylation is 1. The highest BCUT2D eigenvalue weighted by atomic mass is 16.5. The average Bonchev–Trinajstić information content (AvgIpc) is 3.23. The van der Waals surface area contributed by atoms with Gasteiger partial charge in [-0.15, -0.1) is 10.2 Å². The van der Waals surface area contributed by atoms with Crippen molar-refractivity contribution in [3.8, 4) is 0 Å². The summed E-state index contributed by atoms with van der Waals surface area (Å²) in [7, 11) is 0. The SMILES string of the molecule is Cc1cnc(C(=O)N2CCOC[C@]3(C[C@@H](Cn4cnnc4)CO3)C2)cn1. The predicted octanol–water partition coefficient (Wildman–Crippen LogP) is 0.324. The number of hydrogen-bond donors (Lipinski definition) is 0. The molecule has 0 saturated carbocycles. The van der Waals surface area contributed by atoms with Crippen LogP contribution in [0.5, 0.6) is 0 Å². The number of hydrogen-bond acceptors (Lipinski definition) is 7. The van der Waals surface area contributed by atoms with Crippen LogP contribution in [0.2, 0.25) is 0 Å². The van der Waals surface area contributed by atoms with E-state index in [0.717, 1.165) is 18.7 Å². The Labute approximate surface area is 151 Å². The molecule has 4 heterocycles. The second-order valence-corrected chi connectivity index (χ2v) is 7.05.